The maximum absolute atomic E-state index is 14.0. The minimum atomic E-state index is -4.49. The van der Waals surface area contributed by atoms with Crippen LogP contribution < -0.4 is 10.6 Å². The average molecular weight is 416 g/mol. The molecule has 2 aliphatic heterocycles. The minimum Gasteiger partial charge on any atom is -0.325 e. The number of nitrogens with zero attached hydrogens (tertiary/aromatic N) is 2. The molecule has 3 heterocycles. The molecule has 0 fully saturated rings. The molecule has 0 radical (unpaired) electrons. The molecule has 5 rings (SSSR count). The van der Waals surface area contributed by atoms with Crippen molar-refractivity contribution in [3.05, 3.63) is 71.2 Å². The number of hydrogen-bond donors (Lipinski definition) is 2. The highest BCUT2D eigenvalue weighted by atomic mass is 19.4. The lowest BCUT2D eigenvalue weighted by atomic mass is 9.72. The first-order valence-corrected chi connectivity index (χ1v) is 8.87. The van der Waals surface area contributed by atoms with Crippen molar-refractivity contribution in [1.82, 2.24) is 9.78 Å². The first kappa shape index (κ1) is 18.3. The Hall–Kier alpha value is -3.69. The van der Waals surface area contributed by atoms with Crippen LogP contribution in [0.4, 0.5) is 29.1 Å². The van der Waals surface area contributed by atoms with E-state index in [1.807, 2.05) is 0 Å². The molecule has 0 saturated carbocycles. The van der Waals surface area contributed by atoms with Gasteiger partial charge in [-0.1, -0.05) is 0 Å². The Bertz CT molecular complexity index is 1220. The Balaban J connectivity index is 1.68. The number of nitrogens with one attached hydrogen (secondary N) is 2. The van der Waals surface area contributed by atoms with Gasteiger partial charge in [-0.2, -0.15) is 18.3 Å². The van der Waals surface area contributed by atoms with Crippen LogP contribution in [0.1, 0.15) is 23.1 Å². The van der Waals surface area contributed by atoms with E-state index >= 15 is 0 Å². The SMILES string of the molecule is O=C1C[C@]2(C(=O)Nc3ccc(F)cc32)c2cnn(-c3ccc(C(F)(F)F)cc3)c2N1. The summed E-state index contributed by atoms with van der Waals surface area (Å²) in [6.07, 6.45) is -3.37. The zero-order valence-electron chi connectivity index (χ0n) is 15.0. The predicted molar refractivity (Wildman–Crippen MR) is 97.6 cm³/mol. The molecule has 1 atom stereocenters. The van der Waals surface area contributed by atoms with Gasteiger partial charge >= 0.3 is 6.18 Å². The predicted octanol–water partition coefficient (Wildman–Crippen LogP) is 3.61. The number of aromatic nitrogens is 2. The molecule has 2 aliphatic rings. The van der Waals surface area contributed by atoms with Gasteiger partial charge in [0.1, 0.15) is 17.1 Å². The van der Waals surface area contributed by atoms with Crippen LogP contribution in [-0.4, -0.2) is 21.6 Å². The van der Waals surface area contributed by atoms with Crippen LogP contribution >= 0.6 is 0 Å². The van der Waals surface area contributed by atoms with E-state index in [2.05, 4.69) is 15.7 Å². The summed E-state index contributed by atoms with van der Waals surface area (Å²) in [5.41, 5.74) is -0.991. The van der Waals surface area contributed by atoms with E-state index in [0.29, 0.717) is 16.8 Å². The lowest BCUT2D eigenvalue weighted by molar-refractivity contribution is -0.137. The van der Waals surface area contributed by atoms with Crippen LogP contribution in [0.2, 0.25) is 0 Å². The molecule has 0 saturated heterocycles. The third-order valence-electron chi connectivity index (χ3n) is 5.43. The molecule has 3 aromatic rings. The number of hydrogen-bond acceptors (Lipinski definition) is 3. The van der Waals surface area contributed by atoms with E-state index in [4.69, 9.17) is 0 Å². The summed E-state index contributed by atoms with van der Waals surface area (Å²) in [4.78, 5) is 25.5. The fourth-order valence-electron chi connectivity index (χ4n) is 4.05. The van der Waals surface area contributed by atoms with Crippen molar-refractivity contribution in [2.75, 3.05) is 10.6 Å². The van der Waals surface area contributed by atoms with Crippen molar-refractivity contribution >= 4 is 23.3 Å². The van der Waals surface area contributed by atoms with E-state index in [-0.39, 0.29) is 17.9 Å². The first-order chi connectivity index (χ1) is 14.2. The Labute approximate surface area is 166 Å². The maximum Gasteiger partial charge on any atom is 0.416 e. The molecule has 6 nitrogen and oxygen atoms in total. The van der Waals surface area contributed by atoms with Crippen LogP contribution in [-0.2, 0) is 21.2 Å². The fourth-order valence-corrected chi connectivity index (χ4v) is 4.05. The Kier molecular flexibility index (Phi) is 3.61. The smallest absolute Gasteiger partial charge is 0.325 e. The highest BCUT2D eigenvalue weighted by Gasteiger charge is 2.54. The second kappa shape index (κ2) is 5.91. The Morgan fingerprint density at radius 2 is 1.73 bits per heavy atom. The number of halogens is 4. The topological polar surface area (TPSA) is 76.0 Å². The maximum atomic E-state index is 14.0. The summed E-state index contributed by atoms with van der Waals surface area (Å²) >= 11 is 0. The number of amides is 2. The van der Waals surface area contributed by atoms with Crippen molar-refractivity contribution in [2.45, 2.75) is 18.0 Å². The molecule has 1 aromatic heterocycles. The Morgan fingerprint density at radius 1 is 1.00 bits per heavy atom. The lowest BCUT2D eigenvalue weighted by Gasteiger charge is -2.31. The number of carbonyl (C=O) groups excluding carboxylic acids is 2. The number of fused-ring (bicyclic) bond motifs is 4. The molecule has 10 heteroatoms. The summed E-state index contributed by atoms with van der Waals surface area (Å²) < 4.78 is 53.7. The zero-order chi connectivity index (χ0) is 21.3. The molecular weight excluding hydrogens is 404 g/mol. The molecule has 2 aromatic carbocycles. The molecule has 2 N–H and O–H groups in total. The second-order valence-corrected chi connectivity index (χ2v) is 7.14. The standard InChI is InChI=1S/C20H12F4N4O2/c21-11-3-6-15-13(7-11)19(18(30)26-15)8-16(29)27-17-14(19)9-25-28(17)12-4-1-10(2-5-12)20(22,23)24/h1-7,9H,8H2,(H,26,30)(H,27,29)/t19-/m1/s1. The van der Waals surface area contributed by atoms with E-state index in [1.54, 1.807) is 0 Å². The summed E-state index contributed by atoms with van der Waals surface area (Å²) in [6.45, 7) is 0. The van der Waals surface area contributed by atoms with Gasteiger partial charge in [0.25, 0.3) is 0 Å². The zero-order valence-corrected chi connectivity index (χ0v) is 15.0. The van der Waals surface area contributed by atoms with Crippen LogP contribution in [0.5, 0.6) is 0 Å². The monoisotopic (exact) mass is 416 g/mol. The summed E-state index contributed by atoms with van der Waals surface area (Å²) in [5.74, 6) is -1.40. The van der Waals surface area contributed by atoms with Crippen molar-refractivity contribution in [2.24, 2.45) is 0 Å². The van der Waals surface area contributed by atoms with E-state index in [9.17, 15) is 27.2 Å². The number of alkyl halides is 3. The fraction of sp³-hybridized carbons (Fsp3) is 0.150. The van der Waals surface area contributed by atoms with E-state index in [1.165, 1.54) is 41.2 Å². The van der Waals surface area contributed by atoms with Crippen LogP contribution in [0, 0.1) is 5.82 Å². The van der Waals surface area contributed by atoms with Gasteiger partial charge in [-0.3, -0.25) is 9.59 Å². The number of anilines is 2. The van der Waals surface area contributed by atoms with E-state index in [0.717, 1.165) is 12.1 Å². The lowest BCUT2D eigenvalue weighted by Crippen LogP contribution is -2.43. The summed E-state index contributed by atoms with van der Waals surface area (Å²) in [7, 11) is 0. The Morgan fingerprint density at radius 3 is 2.43 bits per heavy atom. The molecule has 152 valence electrons. The molecule has 1 spiro atoms. The normalized spacial score (nSPS) is 20.0. The van der Waals surface area contributed by atoms with Crippen LogP contribution in [0.25, 0.3) is 5.69 Å². The largest absolute Gasteiger partial charge is 0.416 e. The first-order valence-electron chi connectivity index (χ1n) is 8.87. The quantitative estimate of drug-likeness (QED) is 0.595. The van der Waals surface area contributed by atoms with Crippen molar-refractivity contribution in [1.29, 1.82) is 0 Å². The van der Waals surface area contributed by atoms with Gasteiger partial charge in [0.2, 0.25) is 11.8 Å². The highest BCUT2D eigenvalue weighted by Crippen LogP contribution is 2.50. The summed E-state index contributed by atoms with van der Waals surface area (Å²) in [5, 5.41) is 9.50. The third kappa shape index (κ3) is 2.46. The number of carbonyl (C=O) groups is 2. The third-order valence-corrected chi connectivity index (χ3v) is 5.43. The molecular formula is C20H12F4N4O2. The van der Waals surface area contributed by atoms with Crippen LogP contribution in [0.3, 0.4) is 0 Å². The van der Waals surface area contributed by atoms with Gasteiger partial charge < -0.3 is 10.6 Å². The van der Waals surface area contributed by atoms with Crippen molar-refractivity contribution in [3.63, 3.8) is 0 Å². The molecule has 0 unspecified atom stereocenters. The molecule has 0 bridgehead atoms. The van der Waals surface area contributed by atoms with Crippen LogP contribution in [0.15, 0.2) is 48.7 Å². The van der Waals surface area contributed by atoms with Gasteiger partial charge in [0.15, 0.2) is 0 Å². The van der Waals surface area contributed by atoms with Crippen molar-refractivity contribution < 1.29 is 27.2 Å². The summed E-state index contributed by atoms with van der Waals surface area (Å²) in [6, 6.07) is 8.05. The minimum absolute atomic E-state index is 0.151. The van der Waals surface area contributed by atoms with Crippen molar-refractivity contribution in [3.8, 4) is 5.69 Å². The number of benzene rings is 2. The molecule has 2 amide bonds. The van der Waals surface area contributed by atoms with Gasteiger partial charge in [-0.25, -0.2) is 9.07 Å². The number of rotatable bonds is 1. The molecule has 0 aliphatic carbocycles. The van der Waals surface area contributed by atoms with Gasteiger partial charge in [0, 0.05) is 17.7 Å². The molecule has 30 heavy (non-hydrogen) atoms. The second-order valence-electron chi connectivity index (χ2n) is 7.14. The van der Waals surface area contributed by atoms with E-state index < -0.39 is 34.8 Å². The average Bonchev–Trinajstić information content (AvgIpc) is 3.22. The van der Waals surface area contributed by atoms with Gasteiger partial charge in [-0.05, 0) is 48.0 Å². The van der Waals surface area contributed by atoms with Gasteiger partial charge in [0.05, 0.1) is 17.4 Å². The highest BCUT2D eigenvalue weighted by molar-refractivity contribution is 6.14. The van der Waals surface area contributed by atoms with Gasteiger partial charge in [-0.15, -0.1) is 0 Å².